The molecule has 3 aromatic rings. The first-order valence-electron chi connectivity index (χ1n) is 9.81. The van der Waals surface area contributed by atoms with Gasteiger partial charge in [0.25, 0.3) is 0 Å². The van der Waals surface area contributed by atoms with Crippen LogP contribution in [0.5, 0.6) is 0 Å². The Morgan fingerprint density at radius 2 is 1.93 bits per heavy atom. The Hall–Kier alpha value is -3.41. The van der Waals surface area contributed by atoms with Crippen LogP contribution in [0, 0.1) is 0 Å². The molecule has 0 saturated heterocycles. The first-order chi connectivity index (χ1) is 14.1. The zero-order valence-electron chi connectivity index (χ0n) is 16.4. The van der Waals surface area contributed by atoms with Crippen LogP contribution in [0.1, 0.15) is 36.1 Å². The van der Waals surface area contributed by atoms with Crippen molar-refractivity contribution in [1.82, 2.24) is 19.8 Å². The van der Waals surface area contributed by atoms with Gasteiger partial charge in [-0.25, -0.2) is 4.98 Å². The summed E-state index contributed by atoms with van der Waals surface area (Å²) in [5.74, 6) is -0.0518. The predicted octanol–water partition coefficient (Wildman–Crippen LogP) is 3.02. The number of aromatic nitrogens is 2. The van der Waals surface area contributed by atoms with Crippen LogP contribution in [0.15, 0.2) is 67.3 Å². The summed E-state index contributed by atoms with van der Waals surface area (Å²) < 4.78 is 1.93. The first kappa shape index (κ1) is 18.9. The Morgan fingerprint density at radius 1 is 1.14 bits per heavy atom. The molecule has 0 radical (unpaired) electrons. The fraction of sp³-hybridized carbons (Fsp3) is 0.261. The molecular formula is C23H24N4O2. The Morgan fingerprint density at radius 3 is 2.66 bits per heavy atom. The molecule has 6 heteroatoms. The molecule has 2 heterocycles. The molecule has 148 valence electrons. The Kier molecular flexibility index (Phi) is 5.42. The Balaban J connectivity index is 1.40. The molecule has 4 rings (SSSR count). The van der Waals surface area contributed by atoms with Crippen molar-refractivity contribution in [2.24, 2.45) is 0 Å². The van der Waals surface area contributed by atoms with E-state index in [0.29, 0.717) is 13.1 Å². The van der Waals surface area contributed by atoms with E-state index in [4.69, 9.17) is 0 Å². The van der Waals surface area contributed by atoms with E-state index in [2.05, 4.69) is 16.4 Å². The number of hydrogen-bond donors (Lipinski definition) is 1. The lowest BCUT2D eigenvalue weighted by Gasteiger charge is -2.36. The average molecular weight is 388 g/mol. The molecule has 0 saturated carbocycles. The van der Waals surface area contributed by atoms with Gasteiger partial charge in [0.15, 0.2) is 0 Å². The Bertz CT molecular complexity index is 996. The van der Waals surface area contributed by atoms with Gasteiger partial charge in [-0.15, -0.1) is 0 Å². The van der Waals surface area contributed by atoms with E-state index < -0.39 is 0 Å². The van der Waals surface area contributed by atoms with Crippen molar-refractivity contribution in [3.63, 3.8) is 0 Å². The van der Waals surface area contributed by atoms with Gasteiger partial charge in [-0.2, -0.15) is 0 Å². The molecule has 0 spiro atoms. The second-order valence-corrected chi connectivity index (χ2v) is 7.29. The summed E-state index contributed by atoms with van der Waals surface area (Å²) in [4.78, 5) is 30.6. The third kappa shape index (κ3) is 4.21. The topological polar surface area (TPSA) is 67.2 Å². The first-order valence-corrected chi connectivity index (χ1v) is 9.81. The van der Waals surface area contributed by atoms with Gasteiger partial charge in [0, 0.05) is 38.1 Å². The van der Waals surface area contributed by atoms with Crippen LogP contribution in [0.25, 0.3) is 5.69 Å². The Labute approximate surface area is 170 Å². The van der Waals surface area contributed by atoms with Crippen LogP contribution in [-0.4, -0.2) is 32.8 Å². The van der Waals surface area contributed by atoms with E-state index in [1.54, 1.807) is 19.4 Å². The van der Waals surface area contributed by atoms with Gasteiger partial charge in [0.1, 0.15) is 0 Å². The van der Waals surface area contributed by atoms with Crippen LogP contribution < -0.4 is 5.32 Å². The van der Waals surface area contributed by atoms with Gasteiger partial charge in [-0.05, 0) is 35.2 Å². The molecular weight excluding hydrogens is 364 g/mol. The van der Waals surface area contributed by atoms with E-state index >= 15 is 0 Å². The third-order valence-electron chi connectivity index (χ3n) is 5.42. The van der Waals surface area contributed by atoms with Gasteiger partial charge in [-0.1, -0.05) is 36.4 Å². The van der Waals surface area contributed by atoms with Gasteiger partial charge in [0.05, 0.1) is 18.8 Å². The van der Waals surface area contributed by atoms with Crippen LogP contribution in [-0.2, 0) is 22.6 Å². The lowest BCUT2D eigenvalue weighted by molar-refractivity contribution is -0.133. The largest absolute Gasteiger partial charge is 0.352 e. The van der Waals surface area contributed by atoms with Crippen molar-refractivity contribution in [1.29, 1.82) is 0 Å². The zero-order valence-corrected chi connectivity index (χ0v) is 16.4. The second-order valence-electron chi connectivity index (χ2n) is 7.29. The summed E-state index contributed by atoms with van der Waals surface area (Å²) in [6.07, 6.45) is 6.47. The lowest BCUT2D eigenvalue weighted by atomic mass is 9.90. The molecule has 1 aromatic heterocycles. The standard InChI is InChI=1S/C23H24N4O2/c1-17(28)27-12-10-19-4-2-3-5-21(19)22(27)14-23(29)25-15-18-6-8-20(9-7-18)26-13-11-24-16-26/h2-9,11,13,16,22H,10,12,14-15H2,1H3,(H,25,29). The molecule has 0 bridgehead atoms. The molecule has 1 aliphatic heterocycles. The number of imidazole rings is 1. The van der Waals surface area contributed by atoms with Gasteiger partial charge >= 0.3 is 0 Å². The number of amides is 2. The van der Waals surface area contributed by atoms with Crippen LogP contribution in [0.2, 0.25) is 0 Å². The van der Waals surface area contributed by atoms with Crippen LogP contribution in [0.3, 0.4) is 0 Å². The summed E-state index contributed by atoms with van der Waals surface area (Å²) in [5, 5.41) is 2.99. The fourth-order valence-electron chi connectivity index (χ4n) is 3.89. The minimum Gasteiger partial charge on any atom is -0.352 e. The van der Waals surface area contributed by atoms with Gasteiger partial charge in [-0.3, -0.25) is 9.59 Å². The maximum absolute atomic E-state index is 12.7. The zero-order chi connectivity index (χ0) is 20.2. The van der Waals surface area contributed by atoms with Crippen molar-refractivity contribution >= 4 is 11.8 Å². The molecule has 1 aliphatic rings. The number of carbonyl (C=O) groups is 2. The van der Waals surface area contributed by atoms with E-state index in [1.165, 1.54) is 5.56 Å². The van der Waals surface area contributed by atoms with E-state index in [1.807, 2.05) is 58.1 Å². The molecule has 2 amide bonds. The summed E-state index contributed by atoms with van der Waals surface area (Å²) in [5.41, 5.74) is 4.34. The highest BCUT2D eigenvalue weighted by Gasteiger charge is 2.30. The molecule has 29 heavy (non-hydrogen) atoms. The average Bonchev–Trinajstić information content (AvgIpc) is 3.27. The quantitative estimate of drug-likeness (QED) is 0.731. The van der Waals surface area contributed by atoms with Gasteiger partial charge < -0.3 is 14.8 Å². The maximum Gasteiger partial charge on any atom is 0.222 e. The van der Waals surface area contributed by atoms with Crippen LogP contribution >= 0.6 is 0 Å². The minimum absolute atomic E-state index is 0.00685. The van der Waals surface area contributed by atoms with Crippen molar-refractivity contribution in [3.8, 4) is 5.69 Å². The number of rotatable bonds is 5. The lowest BCUT2D eigenvalue weighted by Crippen LogP contribution is -2.41. The van der Waals surface area contributed by atoms with E-state index in [-0.39, 0.29) is 24.3 Å². The van der Waals surface area contributed by atoms with Crippen molar-refractivity contribution in [2.45, 2.75) is 32.4 Å². The highest BCUT2D eigenvalue weighted by Crippen LogP contribution is 2.32. The molecule has 0 aliphatic carbocycles. The molecule has 0 fully saturated rings. The number of benzene rings is 2. The van der Waals surface area contributed by atoms with Crippen molar-refractivity contribution in [2.75, 3.05) is 6.54 Å². The molecule has 6 nitrogen and oxygen atoms in total. The third-order valence-corrected chi connectivity index (χ3v) is 5.42. The normalized spacial score (nSPS) is 15.6. The number of nitrogens with zero attached hydrogens (tertiary/aromatic N) is 3. The monoisotopic (exact) mass is 388 g/mol. The molecule has 1 N–H and O–H groups in total. The van der Waals surface area contributed by atoms with E-state index in [0.717, 1.165) is 23.2 Å². The molecule has 1 atom stereocenters. The highest BCUT2D eigenvalue weighted by atomic mass is 16.2. The smallest absolute Gasteiger partial charge is 0.222 e. The molecule has 2 aromatic carbocycles. The van der Waals surface area contributed by atoms with Gasteiger partial charge in [0.2, 0.25) is 11.8 Å². The number of hydrogen-bond acceptors (Lipinski definition) is 3. The second kappa shape index (κ2) is 8.31. The minimum atomic E-state index is -0.207. The van der Waals surface area contributed by atoms with Crippen molar-refractivity contribution < 1.29 is 9.59 Å². The van der Waals surface area contributed by atoms with Crippen molar-refractivity contribution in [3.05, 3.63) is 83.9 Å². The SMILES string of the molecule is CC(=O)N1CCc2ccccc2C1CC(=O)NCc1ccc(-n2ccnc2)cc1. The van der Waals surface area contributed by atoms with E-state index in [9.17, 15) is 9.59 Å². The molecule has 1 unspecified atom stereocenters. The summed E-state index contributed by atoms with van der Waals surface area (Å²) in [7, 11) is 0. The van der Waals surface area contributed by atoms with Crippen LogP contribution in [0.4, 0.5) is 0 Å². The fourth-order valence-corrected chi connectivity index (χ4v) is 3.89. The number of carbonyl (C=O) groups excluding carboxylic acids is 2. The number of nitrogens with one attached hydrogen (secondary N) is 1. The predicted molar refractivity (Wildman–Crippen MR) is 110 cm³/mol. The summed E-state index contributed by atoms with van der Waals surface area (Å²) >= 11 is 0. The summed E-state index contributed by atoms with van der Waals surface area (Å²) in [6.45, 7) is 2.68. The highest BCUT2D eigenvalue weighted by molar-refractivity contribution is 5.79. The maximum atomic E-state index is 12.7. The number of fused-ring (bicyclic) bond motifs is 1. The summed E-state index contributed by atoms with van der Waals surface area (Å²) in [6, 6.07) is 15.9.